The highest BCUT2D eigenvalue weighted by Crippen LogP contribution is 2.38. The number of amides is 1. The Balaban J connectivity index is 2.02. The first-order chi connectivity index (χ1) is 12.5. The molecule has 2 rings (SSSR count). The number of rotatable bonds is 8. The topological polar surface area (TPSA) is 66.0 Å². The smallest absolute Gasteiger partial charge is 0.261 e. The molecule has 0 aromatic heterocycles. The first-order valence-electron chi connectivity index (χ1n) is 7.97. The third-order valence-electron chi connectivity index (χ3n) is 3.67. The molecule has 0 saturated carbocycles. The molecule has 7 heteroatoms. The molecule has 0 saturated heterocycles. The van der Waals surface area contributed by atoms with Gasteiger partial charge in [-0.3, -0.25) is 4.79 Å². The van der Waals surface area contributed by atoms with Crippen molar-refractivity contribution in [2.75, 3.05) is 21.3 Å². The summed E-state index contributed by atoms with van der Waals surface area (Å²) in [5.41, 5.74) is 0.808. The maximum absolute atomic E-state index is 12.3. The number of halogens is 1. The number of methoxy groups -OCH3 is 3. The Morgan fingerprint density at radius 1 is 1.08 bits per heavy atom. The van der Waals surface area contributed by atoms with Gasteiger partial charge in [-0.1, -0.05) is 17.7 Å². The monoisotopic (exact) mass is 379 g/mol. The lowest BCUT2D eigenvalue weighted by atomic mass is 10.1. The molecule has 140 valence electrons. The minimum absolute atomic E-state index is 0.251. The normalized spacial score (nSPS) is 11.4. The quantitative estimate of drug-likeness (QED) is 0.761. The first-order valence-corrected chi connectivity index (χ1v) is 8.35. The number of hydrogen-bond donors (Lipinski definition) is 1. The zero-order valence-electron chi connectivity index (χ0n) is 15.2. The number of nitrogens with one attached hydrogen (secondary N) is 1. The summed E-state index contributed by atoms with van der Waals surface area (Å²) >= 11 is 5.92. The van der Waals surface area contributed by atoms with E-state index in [1.54, 1.807) is 57.5 Å². The average Bonchev–Trinajstić information content (AvgIpc) is 2.64. The molecule has 0 fully saturated rings. The average molecular weight is 380 g/mol. The molecule has 0 heterocycles. The van der Waals surface area contributed by atoms with E-state index in [4.69, 9.17) is 30.5 Å². The van der Waals surface area contributed by atoms with Gasteiger partial charge >= 0.3 is 0 Å². The summed E-state index contributed by atoms with van der Waals surface area (Å²) in [5.74, 6) is 1.84. The minimum atomic E-state index is -0.671. The summed E-state index contributed by atoms with van der Waals surface area (Å²) in [5, 5.41) is 3.37. The third-order valence-corrected chi connectivity index (χ3v) is 3.90. The van der Waals surface area contributed by atoms with Gasteiger partial charge in [-0.25, -0.2) is 0 Å². The number of hydrogen-bond acceptors (Lipinski definition) is 5. The van der Waals surface area contributed by atoms with Crippen LogP contribution in [0.5, 0.6) is 23.0 Å². The largest absolute Gasteiger partial charge is 0.493 e. The number of carbonyl (C=O) groups excluding carboxylic acids is 1. The van der Waals surface area contributed by atoms with Crippen LogP contribution < -0.4 is 24.3 Å². The fraction of sp³-hybridized carbons (Fsp3) is 0.316. The molecule has 1 amide bonds. The van der Waals surface area contributed by atoms with Gasteiger partial charge in [0.25, 0.3) is 5.91 Å². The van der Waals surface area contributed by atoms with Gasteiger partial charge in [-0.05, 0) is 42.8 Å². The van der Waals surface area contributed by atoms with Crippen molar-refractivity contribution in [3.63, 3.8) is 0 Å². The van der Waals surface area contributed by atoms with Crippen molar-refractivity contribution in [2.45, 2.75) is 19.6 Å². The van der Waals surface area contributed by atoms with Gasteiger partial charge in [0.1, 0.15) is 5.75 Å². The molecule has 0 spiro atoms. The number of carbonyl (C=O) groups is 1. The van der Waals surface area contributed by atoms with E-state index in [1.807, 2.05) is 0 Å². The summed E-state index contributed by atoms with van der Waals surface area (Å²) in [6, 6.07) is 10.5. The van der Waals surface area contributed by atoms with Gasteiger partial charge < -0.3 is 24.3 Å². The molecule has 0 aliphatic heterocycles. The zero-order chi connectivity index (χ0) is 19.1. The molecular weight excluding hydrogens is 358 g/mol. The molecule has 0 unspecified atom stereocenters. The Labute approximate surface area is 158 Å². The van der Waals surface area contributed by atoms with E-state index < -0.39 is 6.10 Å². The molecule has 0 bridgehead atoms. The molecule has 0 aliphatic rings. The van der Waals surface area contributed by atoms with Crippen LogP contribution in [0.25, 0.3) is 0 Å². The number of benzene rings is 2. The van der Waals surface area contributed by atoms with E-state index in [9.17, 15) is 4.79 Å². The standard InChI is InChI=1S/C19H22ClNO5/c1-12(26-15-7-5-6-14(20)10-15)19(22)21-11-13-8-16(23-2)18(25-4)17(9-13)24-3/h5-10,12H,11H2,1-4H3,(H,21,22)/t12-/m1/s1. The Bertz CT molecular complexity index is 740. The highest BCUT2D eigenvalue weighted by atomic mass is 35.5. The van der Waals surface area contributed by atoms with E-state index in [-0.39, 0.29) is 5.91 Å². The van der Waals surface area contributed by atoms with Crippen LogP contribution in [0.4, 0.5) is 0 Å². The Morgan fingerprint density at radius 3 is 2.27 bits per heavy atom. The second-order valence-corrected chi connectivity index (χ2v) is 5.91. The van der Waals surface area contributed by atoms with Gasteiger partial charge in [0.2, 0.25) is 5.75 Å². The molecular formula is C19H22ClNO5. The van der Waals surface area contributed by atoms with Gasteiger partial charge in [-0.2, -0.15) is 0 Å². The molecule has 2 aromatic carbocycles. The SMILES string of the molecule is COc1cc(CNC(=O)[C@@H](C)Oc2cccc(Cl)c2)cc(OC)c1OC. The van der Waals surface area contributed by atoms with Crippen LogP contribution in [0.1, 0.15) is 12.5 Å². The predicted molar refractivity (Wildman–Crippen MR) is 99.5 cm³/mol. The first kappa shape index (κ1) is 19.7. The van der Waals surface area contributed by atoms with E-state index in [0.717, 1.165) is 5.56 Å². The van der Waals surface area contributed by atoms with Crippen LogP contribution in [-0.2, 0) is 11.3 Å². The second-order valence-electron chi connectivity index (χ2n) is 5.47. The lowest BCUT2D eigenvalue weighted by Crippen LogP contribution is -2.35. The summed E-state index contributed by atoms with van der Waals surface area (Å²) in [4.78, 5) is 12.3. The van der Waals surface area contributed by atoms with Crippen LogP contribution in [0, 0.1) is 0 Å². The van der Waals surface area contributed by atoms with E-state index in [1.165, 1.54) is 7.11 Å². The predicted octanol–water partition coefficient (Wildman–Crippen LogP) is 3.45. The van der Waals surface area contributed by atoms with Crippen molar-refractivity contribution in [3.8, 4) is 23.0 Å². The van der Waals surface area contributed by atoms with Crippen molar-refractivity contribution in [2.24, 2.45) is 0 Å². The molecule has 0 aliphatic carbocycles. The highest BCUT2D eigenvalue weighted by molar-refractivity contribution is 6.30. The maximum atomic E-state index is 12.3. The van der Waals surface area contributed by atoms with Crippen LogP contribution in [-0.4, -0.2) is 33.3 Å². The van der Waals surface area contributed by atoms with Crippen LogP contribution in [0.3, 0.4) is 0 Å². The summed E-state index contributed by atoms with van der Waals surface area (Å²) in [6.45, 7) is 1.96. The lowest BCUT2D eigenvalue weighted by Gasteiger charge is -2.16. The molecule has 1 atom stereocenters. The molecule has 0 radical (unpaired) electrons. The summed E-state index contributed by atoms with van der Waals surface area (Å²) in [6.07, 6.45) is -0.671. The van der Waals surface area contributed by atoms with Crippen molar-refractivity contribution in [3.05, 3.63) is 47.0 Å². The lowest BCUT2D eigenvalue weighted by molar-refractivity contribution is -0.127. The van der Waals surface area contributed by atoms with Crippen molar-refractivity contribution in [1.82, 2.24) is 5.32 Å². The van der Waals surface area contributed by atoms with Crippen LogP contribution in [0.15, 0.2) is 36.4 Å². The fourth-order valence-corrected chi connectivity index (χ4v) is 2.55. The summed E-state index contributed by atoms with van der Waals surface area (Å²) in [7, 11) is 4.62. The minimum Gasteiger partial charge on any atom is -0.493 e. The van der Waals surface area contributed by atoms with Crippen LogP contribution in [0.2, 0.25) is 5.02 Å². The zero-order valence-corrected chi connectivity index (χ0v) is 15.9. The van der Waals surface area contributed by atoms with Gasteiger partial charge in [-0.15, -0.1) is 0 Å². The van der Waals surface area contributed by atoms with Gasteiger partial charge in [0, 0.05) is 11.6 Å². The van der Waals surface area contributed by atoms with Gasteiger partial charge in [0.15, 0.2) is 17.6 Å². The van der Waals surface area contributed by atoms with E-state index in [2.05, 4.69) is 5.32 Å². The van der Waals surface area contributed by atoms with Gasteiger partial charge in [0.05, 0.1) is 21.3 Å². The molecule has 6 nitrogen and oxygen atoms in total. The van der Waals surface area contributed by atoms with E-state index >= 15 is 0 Å². The third kappa shape index (κ3) is 4.95. The van der Waals surface area contributed by atoms with Crippen LogP contribution >= 0.6 is 11.6 Å². The van der Waals surface area contributed by atoms with Crippen molar-refractivity contribution >= 4 is 17.5 Å². The van der Waals surface area contributed by atoms with Crippen molar-refractivity contribution in [1.29, 1.82) is 0 Å². The fourth-order valence-electron chi connectivity index (χ4n) is 2.37. The molecule has 1 N–H and O–H groups in total. The highest BCUT2D eigenvalue weighted by Gasteiger charge is 2.17. The molecule has 2 aromatic rings. The molecule has 26 heavy (non-hydrogen) atoms. The van der Waals surface area contributed by atoms with Crippen molar-refractivity contribution < 1.29 is 23.7 Å². The van der Waals surface area contributed by atoms with E-state index in [0.29, 0.717) is 34.6 Å². The summed E-state index contributed by atoms with van der Waals surface area (Å²) < 4.78 is 21.5. The maximum Gasteiger partial charge on any atom is 0.261 e. The Kier molecular flexibility index (Phi) is 6.97. The number of ether oxygens (including phenoxy) is 4. The Morgan fingerprint density at radius 2 is 1.73 bits per heavy atom. The second kappa shape index (κ2) is 9.20. The Hall–Kier alpha value is -2.60.